The lowest BCUT2D eigenvalue weighted by atomic mass is 9.81. The molecule has 2 aromatic carbocycles. The van der Waals surface area contributed by atoms with Crippen molar-refractivity contribution < 1.29 is 41.4 Å². The van der Waals surface area contributed by atoms with Crippen LogP contribution in [0.15, 0.2) is 54.9 Å². The van der Waals surface area contributed by atoms with Gasteiger partial charge in [-0.15, -0.1) is 0 Å². The largest absolute Gasteiger partial charge is 0.416 e. The molecule has 0 radical (unpaired) electrons. The Kier molecular flexibility index (Phi) is 8.85. The maximum absolute atomic E-state index is 13.8. The van der Waals surface area contributed by atoms with Crippen LogP contribution < -0.4 is 9.80 Å². The first-order valence-electron chi connectivity index (χ1n) is 12.1. The summed E-state index contributed by atoms with van der Waals surface area (Å²) in [4.78, 5) is 20.5. The molecule has 1 amide bonds. The number of rotatable bonds is 8. The van der Waals surface area contributed by atoms with Gasteiger partial charge >= 0.3 is 12.4 Å². The summed E-state index contributed by atoms with van der Waals surface area (Å²) in [5.74, 6) is -0.779. The van der Waals surface area contributed by atoms with Crippen LogP contribution in [0.3, 0.4) is 0 Å². The number of hydrogen-bond donors (Lipinski definition) is 2. The Morgan fingerprint density at radius 2 is 1.48 bits per heavy atom. The van der Waals surface area contributed by atoms with Gasteiger partial charge in [0, 0.05) is 36.6 Å². The van der Waals surface area contributed by atoms with Crippen LogP contribution in [-0.4, -0.2) is 48.0 Å². The summed E-state index contributed by atoms with van der Waals surface area (Å²) in [6.07, 6.45) is -7.30. The molecule has 6 nitrogen and oxygen atoms in total. The van der Waals surface area contributed by atoms with Gasteiger partial charge in [-0.25, -0.2) is 0 Å². The summed E-state index contributed by atoms with van der Waals surface area (Å²) in [6, 6.07) is 8.00. The molecule has 1 aromatic heterocycles. The van der Waals surface area contributed by atoms with Crippen LogP contribution in [0.25, 0.3) is 11.1 Å². The molecule has 3 rings (SSSR count). The number of halogens is 6. The van der Waals surface area contributed by atoms with Gasteiger partial charge in [0.1, 0.15) is 6.73 Å². The van der Waals surface area contributed by atoms with Gasteiger partial charge < -0.3 is 20.0 Å². The minimum atomic E-state index is -5.06. The van der Waals surface area contributed by atoms with E-state index in [9.17, 15) is 41.4 Å². The average molecular weight is 570 g/mol. The normalized spacial score (nSPS) is 12.4. The SMILES string of the molecule is Cc1cccc(N(CO)CCO)c1-c1ccncc1N(C)C(=O)C(C)(C)c1cc(C(F)(F)F)cc(C(F)(F)F)c1. The van der Waals surface area contributed by atoms with Crippen molar-refractivity contribution in [1.82, 2.24) is 4.98 Å². The first kappa shape index (κ1) is 30.9. The number of carbonyl (C=O) groups excluding carboxylic acids is 1. The van der Waals surface area contributed by atoms with Crippen molar-refractivity contribution in [2.75, 3.05) is 36.7 Å². The van der Waals surface area contributed by atoms with Gasteiger partial charge in [-0.1, -0.05) is 12.1 Å². The van der Waals surface area contributed by atoms with E-state index in [1.165, 1.54) is 38.2 Å². The Morgan fingerprint density at radius 3 is 2.00 bits per heavy atom. The predicted octanol–water partition coefficient (Wildman–Crippen LogP) is 5.78. The van der Waals surface area contributed by atoms with E-state index in [1.807, 2.05) is 0 Å². The third-order valence-electron chi connectivity index (χ3n) is 6.71. The van der Waals surface area contributed by atoms with Gasteiger partial charge in [-0.3, -0.25) is 9.78 Å². The minimum Gasteiger partial charge on any atom is -0.395 e. The van der Waals surface area contributed by atoms with Gasteiger partial charge in [-0.2, -0.15) is 26.3 Å². The van der Waals surface area contributed by atoms with E-state index in [4.69, 9.17) is 0 Å². The Bertz CT molecular complexity index is 1340. The van der Waals surface area contributed by atoms with Crippen LogP contribution >= 0.6 is 0 Å². The topological polar surface area (TPSA) is 76.9 Å². The van der Waals surface area contributed by atoms with E-state index in [1.54, 1.807) is 31.2 Å². The van der Waals surface area contributed by atoms with Crippen LogP contribution in [0.5, 0.6) is 0 Å². The first-order chi connectivity index (χ1) is 18.5. The Labute approximate surface area is 227 Å². The van der Waals surface area contributed by atoms with Crippen molar-refractivity contribution in [2.24, 2.45) is 0 Å². The average Bonchev–Trinajstić information content (AvgIpc) is 2.89. The number of amides is 1. The number of alkyl halides is 6. The molecule has 0 aliphatic carbocycles. The number of carbonyl (C=O) groups is 1. The number of likely N-dealkylation sites (N-methyl/N-ethyl adjacent to an activating group) is 1. The molecule has 0 aliphatic rings. The van der Waals surface area contributed by atoms with E-state index in [-0.39, 0.29) is 24.9 Å². The van der Waals surface area contributed by atoms with E-state index in [0.29, 0.717) is 28.9 Å². The second-order valence-corrected chi connectivity index (χ2v) is 9.77. The zero-order valence-corrected chi connectivity index (χ0v) is 22.2. The summed E-state index contributed by atoms with van der Waals surface area (Å²) in [7, 11) is 1.36. The van der Waals surface area contributed by atoms with Gasteiger partial charge in [0.25, 0.3) is 0 Å². The lowest BCUT2D eigenvalue weighted by Crippen LogP contribution is -2.42. The summed E-state index contributed by atoms with van der Waals surface area (Å²) < 4.78 is 81.0. The van der Waals surface area contributed by atoms with E-state index in [0.717, 1.165) is 10.5 Å². The van der Waals surface area contributed by atoms with Crippen molar-refractivity contribution in [3.8, 4) is 11.1 Å². The van der Waals surface area contributed by atoms with Crippen LogP contribution in [0.4, 0.5) is 37.7 Å². The highest BCUT2D eigenvalue weighted by molar-refractivity contribution is 6.04. The summed E-state index contributed by atoms with van der Waals surface area (Å²) in [5, 5.41) is 19.4. The highest BCUT2D eigenvalue weighted by atomic mass is 19.4. The van der Waals surface area contributed by atoms with Crippen molar-refractivity contribution >= 4 is 17.3 Å². The predicted molar refractivity (Wildman–Crippen MR) is 139 cm³/mol. The fourth-order valence-corrected chi connectivity index (χ4v) is 4.49. The van der Waals surface area contributed by atoms with Gasteiger partial charge in [0.15, 0.2) is 0 Å². The molecule has 3 aromatic rings. The molecule has 0 aliphatic heterocycles. The highest BCUT2D eigenvalue weighted by Gasteiger charge is 2.41. The van der Waals surface area contributed by atoms with E-state index >= 15 is 0 Å². The molecule has 40 heavy (non-hydrogen) atoms. The number of aliphatic hydroxyl groups excluding tert-OH is 2. The number of benzene rings is 2. The Morgan fingerprint density at radius 1 is 0.900 bits per heavy atom. The number of anilines is 2. The molecule has 0 atom stereocenters. The second-order valence-electron chi connectivity index (χ2n) is 9.77. The quantitative estimate of drug-likeness (QED) is 0.266. The van der Waals surface area contributed by atoms with E-state index < -0.39 is 47.1 Å². The highest BCUT2D eigenvalue weighted by Crippen LogP contribution is 2.42. The summed E-state index contributed by atoms with van der Waals surface area (Å²) >= 11 is 0. The van der Waals surface area contributed by atoms with Crippen LogP contribution in [0.1, 0.15) is 36.1 Å². The van der Waals surface area contributed by atoms with Crippen molar-refractivity contribution in [3.05, 3.63) is 77.1 Å². The fraction of sp³-hybridized carbons (Fsp3) is 0.357. The van der Waals surface area contributed by atoms with Crippen molar-refractivity contribution in [2.45, 2.75) is 38.5 Å². The summed E-state index contributed by atoms with van der Waals surface area (Å²) in [5.41, 5.74) is -2.70. The third-order valence-corrected chi connectivity index (χ3v) is 6.71. The van der Waals surface area contributed by atoms with Gasteiger partial charge in [0.2, 0.25) is 5.91 Å². The van der Waals surface area contributed by atoms with E-state index in [2.05, 4.69) is 4.98 Å². The number of nitrogens with zero attached hydrogens (tertiary/aromatic N) is 3. The molecular weight excluding hydrogens is 540 g/mol. The monoisotopic (exact) mass is 569 g/mol. The number of aliphatic hydroxyl groups is 2. The molecule has 0 fully saturated rings. The fourth-order valence-electron chi connectivity index (χ4n) is 4.49. The zero-order chi connectivity index (χ0) is 30.0. The van der Waals surface area contributed by atoms with Gasteiger partial charge in [0.05, 0.1) is 35.0 Å². The minimum absolute atomic E-state index is 0.0198. The summed E-state index contributed by atoms with van der Waals surface area (Å²) in [6.45, 7) is 3.74. The molecule has 216 valence electrons. The Balaban J connectivity index is 2.16. The van der Waals surface area contributed by atoms with Gasteiger partial charge in [-0.05, 0) is 62.2 Å². The molecular formula is C28H29F6N3O3. The molecule has 0 saturated heterocycles. The molecule has 0 bridgehead atoms. The second kappa shape index (κ2) is 11.5. The molecule has 1 heterocycles. The number of hydrogen-bond acceptors (Lipinski definition) is 5. The number of pyridine rings is 1. The number of aryl methyl sites for hydroxylation is 1. The molecule has 0 unspecified atom stereocenters. The third kappa shape index (κ3) is 6.23. The van der Waals surface area contributed by atoms with Crippen LogP contribution in [0.2, 0.25) is 0 Å². The zero-order valence-electron chi connectivity index (χ0n) is 22.2. The number of aromatic nitrogens is 1. The molecule has 2 N–H and O–H groups in total. The molecule has 0 saturated carbocycles. The molecule has 0 spiro atoms. The molecule has 12 heteroatoms. The van der Waals surface area contributed by atoms with Crippen LogP contribution in [-0.2, 0) is 22.6 Å². The maximum Gasteiger partial charge on any atom is 0.416 e. The lowest BCUT2D eigenvalue weighted by Gasteiger charge is -2.32. The standard InChI is InChI=1S/C28H29F6N3O3/c1-17-6-5-7-22(37(16-39)10-11-38)24(17)21-8-9-35-15-23(21)36(4)25(40)26(2,3)18-12-19(27(29,30)31)14-20(13-18)28(32,33)34/h5-9,12-15,38-39H,10-11,16H2,1-4H3. The maximum atomic E-state index is 13.8. The van der Waals surface area contributed by atoms with Crippen molar-refractivity contribution in [1.29, 1.82) is 0 Å². The Hall–Kier alpha value is -3.64. The lowest BCUT2D eigenvalue weighted by molar-refractivity contribution is -0.143. The van der Waals surface area contributed by atoms with Crippen LogP contribution in [0, 0.1) is 6.92 Å². The van der Waals surface area contributed by atoms with Crippen molar-refractivity contribution in [3.63, 3.8) is 0 Å². The first-order valence-corrected chi connectivity index (χ1v) is 12.1. The smallest absolute Gasteiger partial charge is 0.395 e.